The van der Waals surface area contributed by atoms with E-state index in [-0.39, 0.29) is 11.9 Å². The Morgan fingerprint density at radius 3 is 2.76 bits per heavy atom. The van der Waals surface area contributed by atoms with Crippen molar-refractivity contribution in [3.8, 4) is 5.75 Å². The maximum atomic E-state index is 12.4. The van der Waals surface area contributed by atoms with Gasteiger partial charge in [0.2, 0.25) is 0 Å². The van der Waals surface area contributed by atoms with E-state index in [4.69, 9.17) is 10.5 Å². The van der Waals surface area contributed by atoms with Crippen LogP contribution < -0.4 is 15.8 Å². The fourth-order valence-corrected chi connectivity index (χ4v) is 2.83. The highest BCUT2D eigenvalue weighted by Gasteiger charge is 2.19. The summed E-state index contributed by atoms with van der Waals surface area (Å²) in [5, 5.41) is 3.02. The summed E-state index contributed by atoms with van der Waals surface area (Å²) >= 11 is 0. The van der Waals surface area contributed by atoms with Crippen LogP contribution in [0.4, 0.5) is 5.69 Å². The normalized spacial score (nSPS) is 17.2. The van der Waals surface area contributed by atoms with Gasteiger partial charge in [-0.2, -0.15) is 0 Å². The lowest BCUT2D eigenvalue weighted by Crippen LogP contribution is -2.43. The molecule has 1 atom stereocenters. The minimum Gasteiger partial charge on any atom is -0.496 e. The SMILES string of the molecule is COc1cccc(N)c1C(=O)NC(C)CN1CCCCC1. The number of ether oxygens (including phenoxy) is 1. The third-order valence-corrected chi connectivity index (χ3v) is 3.86. The third kappa shape index (κ3) is 4.11. The lowest BCUT2D eigenvalue weighted by atomic mass is 10.1. The van der Waals surface area contributed by atoms with Crippen molar-refractivity contribution in [1.29, 1.82) is 0 Å². The molecule has 0 spiro atoms. The van der Waals surface area contributed by atoms with Gasteiger partial charge in [0.05, 0.1) is 7.11 Å². The molecule has 116 valence electrons. The first-order chi connectivity index (χ1) is 10.1. The standard InChI is InChI=1S/C16H25N3O2/c1-12(11-19-9-4-3-5-10-19)18-16(20)15-13(17)7-6-8-14(15)21-2/h6-8,12H,3-5,9-11,17H2,1-2H3,(H,18,20). The smallest absolute Gasteiger partial charge is 0.257 e. The number of nitrogens with zero attached hydrogens (tertiary/aromatic N) is 1. The first-order valence-corrected chi connectivity index (χ1v) is 7.57. The van der Waals surface area contributed by atoms with Gasteiger partial charge >= 0.3 is 0 Å². The molecule has 1 unspecified atom stereocenters. The number of likely N-dealkylation sites (tertiary alicyclic amines) is 1. The molecule has 1 fully saturated rings. The summed E-state index contributed by atoms with van der Waals surface area (Å²) in [6, 6.07) is 5.33. The van der Waals surface area contributed by atoms with Crippen molar-refractivity contribution < 1.29 is 9.53 Å². The van der Waals surface area contributed by atoms with Crippen LogP contribution in [0.1, 0.15) is 36.5 Å². The Balaban J connectivity index is 1.97. The van der Waals surface area contributed by atoms with Crippen molar-refractivity contribution in [2.45, 2.75) is 32.2 Å². The molecule has 0 saturated carbocycles. The molecule has 5 nitrogen and oxygen atoms in total. The van der Waals surface area contributed by atoms with Crippen LogP contribution in [0.3, 0.4) is 0 Å². The van der Waals surface area contributed by atoms with Crippen LogP contribution in [0.25, 0.3) is 0 Å². The number of nitrogens with one attached hydrogen (secondary N) is 1. The summed E-state index contributed by atoms with van der Waals surface area (Å²) in [5.41, 5.74) is 6.77. The molecule has 1 heterocycles. The minimum atomic E-state index is -0.172. The van der Waals surface area contributed by atoms with E-state index in [1.807, 2.05) is 6.92 Å². The van der Waals surface area contributed by atoms with Gasteiger partial charge in [-0.15, -0.1) is 0 Å². The summed E-state index contributed by atoms with van der Waals surface area (Å²) in [6.45, 7) is 5.15. The van der Waals surface area contributed by atoms with Crippen LogP contribution in [0, 0.1) is 0 Å². The predicted molar refractivity (Wildman–Crippen MR) is 84.6 cm³/mol. The Kier molecular flexibility index (Phi) is 5.44. The minimum absolute atomic E-state index is 0.0833. The van der Waals surface area contributed by atoms with Crippen molar-refractivity contribution in [2.75, 3.05) is 32.5 Å². The second-order valence-electron chi connectivity index (χ2n) is 5.66. The highest BCUT2D eigenvalue weighted by atomic mass is 16.5. The molecule has 1 saturated heterocycles. The van der Waals surface area contributed by atoms with Gasteiger partial charge in [-0.3, -0.25) is 4.79 Å². The van der Waals surface area contributed by atoms with Gasteiger partial charge in [0.25, 0.3) is 5.91 Å². The van der Waals surface area contributed by atoms with E-state index < -0.39 is 0 Å². The van der Waals surface area contributed by atoms with Crippen LogP contribution >= 0.6 is 0 Å². The molecule has 1 aromatic carbocycles. The van der Waals surface area contributed by atoms with E-state index in [0.717, 1.165) is 19.6 Å². The van der Waals surface area contributed by atoms with Crippen LogP contribution in [-0.4, -0.2) is 43.6 Å². The highest BCUT2D eigenvalue weighted by Crippen LogP contribution is 2.24. The van der Waals surface area contributed by atoms with E-state index in [0.29, 0.717) is 17.0 Å². The lowest BCUT2D eigenvalue weighted by Gasteiger charge is -2.29. The van der Waals surface area contributed by atoms with Crippen LogP contribution in [0.5, 0.6) is 5.75 Å². The molecular formula is C16H25N3O2. The van der Waals surface area contributed by atoms with E-state index >= 15 is 0 Å². The predicted octanol–water partition coefficient (Wildman–Crippen LogP) is 1.88. The fraction of sp³-hybridized carbons (Fsp3) is 0.562. The molecule has 0 aliphatic carbocycles. The number of nitrogens with two attached hydrogens (primary N) is 1. The van der Waals surface area contributed by atoms with Crippen LogP contribution in [-0.2, 0) is 0 Å². The highest BCUT2D eigenvalue weighted by molar-refractivity contribution is 6.02. The number of anilines is 1. The first kappa shape index (κ1) is 15.6. The number of hydrogen-bond acceptors (Lipinski definition) is 4. The Morgan fingerprint density at radius 2 is 2.10 bits per heavy atom. The van der Waals surface area contributed by atoms with Crippen LogP contribution in [0.15, 0.2) is 18.2 Å². The zero-order valence-electron chi connectivity index (χ0n) is 12.9. The van der Waals surface area contributed by atoms with E-state index in [1.54, 1.807) is 25.3 Å². The molecule has 1 aliphatic rings. The average molecular weight is 291 g/mol. The van der Waals surface area contributed by atoms with Gasteiger partial charge in [0, 0.05) is 18.3 Å². The second-order valence-corrected chi connectivity index (χ2v) is 5.66. The fourth-order valence-electron chi connectivity index (χ4n) is 2.83. The van der Waals surface area contributed by atoms with E-state index in [2.05, 4.69) is 10.2 Å². The quantitative estimate of drug-likeness (QED) is 0.813. The molecule has 1 aliphatic heterocycles. The van der Waals surface area contributed by atoms with E-state index in [1.165, 1.54) is 19.3 Å². The maximum absolute atomic E-state index is 12.4. The molecular weight excluding hydrogens is 266 g/mol. The van der Waals surface area contributed by atoms with Gasteiger partial charge in [-0.05, 0) is 45.0 Å². The molecule has 3 N–H and O–H groups in total. The number of carbonyl (C=O) groups excluding carboxylic acids is 1. The van der Waals surface area contributed by atoms with Gasteiger partial charge in [0.15, 0.2) is 0 Å². The van der Waals surface area contributed by atoms with E-state index in [9.17, 15) is 4.79 Å². The largest absolute Gasteiger partial charge is 0.496 e. The number of methoxy groups -OCH3 is 1. The Morgan fingerprint density at radius 1 is 1.38 bits per heavy atom. The molecule has 0 radical (unpaired) electrons. The van der Waals surface area contributed by atoms with Gasteiger partial charge in [-0.1, -0.05) is 12.5 Å². The molecule has 2 rings (SSSR count). The molecule has 1 aromatic rings. The van der Waals surface area contributed by atoms with Crippen molar-refractivity contribution >= 4 is 11.6 Å². The Hall–Kier alpha value is -1.75. The molecule has 0 bridgehead atoms. The number of hydrogen-bond donors (Lipinski definition) is 2. The first-order valence-electron chi connectivity index (χ1n) is 7.57. The van der Waals surface area contributed by atoms with Gasteiger partial charge in [-0.25, -0.2) is 0 Å². The third-order valence-electron chi connectivity index (χ3n) is 3.86. The maximum Gasteiger partial charge on any atom is 0.257 e. The number of piperidine rings is 1. The van der Waals surface area contributed by atoms with Gasteiger partial charge in [0.1, 0.15) is 11.3 Å². The Bertz CT molecular complexity index is 484. The summed E-state index contributed by atoms with van der Waals surface area (Å²) in [7, 11) is 1.54. The average Bonchev–Trinajstić information content (AvgIpc) is 2.47. The lowest BCUT2D eigenvalue weighted by molar-refractivity contribution is 0.0923. The number of nitrogen functional groups attached to an aromatic ring is 1. The molecule has 21 heavy (non-hydrogen) atoms. The monoisotopic (exact) mass is 291 g/mol. The summed E-state index contributed by atoms with van der Waals surface area (Å²) in [4.78, 5) is 14.8. The van der Waals surface area contributed by atoms with Crippen LogP contribution in [0.2, 0.25) is 0 Å². The summed E-state index contributed by atoms with van der Waals surface area (Å²) < 4.78 is 5.23. The molecule has 5 heteroatoms. The second kappa shape index (κ2) is 7.31. The number of benzene rings is 1. The zero-order valence-corrected chi connectivity index (χ0v) is 12.9. The van der Waals surface area contributed by atoms with Gasteiger partial charge < -0.3 is 20.7 Å². The number of rotatable bonds is 5. The topological polar surface area (TPSA) is 67.6 Å². The van der Waals surface area contributed by atoms with Crippen molar-refractivity contribution in [2.24, 2.45) is 0 Å². The summed E-state index contributed by atoms with van der Waals surface area (Å²) in [6.07, 6.45) is 3.81. The summed E-state index contributed by atoms with van der Waals surface area (Å²) in [5.74, 6) is 0.340. The van der Waals surface area contributed by atoms with Crippen molar-refractivity contribution in [1.82, 2.24) is 10.2 Å². The van der Waals surface area contributed by atoms with Crippen molar-refractivity contribution in [3.05, 3.63) is 23.8 Å². The molecule has 0 aromatic heterocycles. The molecule has 1 amide bonds. The Labute approximate surface area is 126 Å². The zero-order chi connectivity index (χ0) is 15.2. The number of carbonyl (C=O) groups is 1. The van der Waals surface area contributed by atoms with Crippen molar-refractivity contribution in [3.63, 3.8) is 0 Å². The number of amides is 1.